The Balaban J connectivity index is 1.41. The first-order valence-corrected chi connectivity index (χ1v) is 9.07. The molecule has 6 heteroatoms. The molecule has 1 saturated heterocycles. The van der Waals surface area contributed by atoms with E-state index in [4.69, 9.17) is 4.42 Å². The minimum Gasteiger partial charge on any atom is -0.464 e. The van der Waals surface area contributed by atoms with Crippen LogP contribution in [0.1, 0.15) is 0 Å². The van der Waals surface area contributed by atoms with Gasteiger partial charge >= 0.3 is 0 Å². The zero-order chi connectivity index (χ0) is 18.1. The molecule has 0 bridgehead atoms. The summed E-state index contributed by atoms with van der Waals surface area (Å²) in [5, 5.41) is 1.08. The van der Waals surface area contributed by atoms with Crippen LogP contribution in [0.25, 0.3) is 22.2 Å². The van der Waals surface area contributed by atoms with Gasteiger partial charge in [-0.05, 0) is 36.4 Å². The van der Waals surface area contributed by atoms with Gasteiger partial charge in [-0.3, -0.25) is 9.97 Å². The molecule has 0 radical (unpaired) electrons. The normalized spacial score (nSPS) is 14.7. The van der Waals surface area contributed by atoms with Crippen molar-refractivity contribution < 1.29 is 4.42 Å². The van der Waals surface area contributed by atoms with Crippen LogP contribution in [0.15, 0.2) is 71.9 Å². The summed E-state index contributed by atoms with van der Waals surface area (Å²) < 4.78 is 5.45. The van der Waals surface area contributed by atoms with Gasteiger partial charge in [0.1, 0.15) is 11.3 Å². The molecular weight excluding hydrogens is 338 g/mol. The van der Waals surface area contributed by atoms with Gasteiger partial charge in [0.2, 0.25) is 0 Å². The second kappa shape index (κ2) is 6.72. The highest BCUT2D eigenvalue weighted by atomic mass is 16.3. The number of piperazine rings is 1. The molecule has 0 aliphatic carbocycles. The van der Waals surface area contributed by atoms with Gasteiger partial charge in [0.05, 0.1) is 6.26 Å². The maximum Gasteiger partial charge on any atom is 0.155 e. The van der Waals surface area contributed by atoms with Crippen LogP contribution >= 0.6 is 0 Å². The fraction of sp³-hybridized carbons (Fsp3) is 0.190. The van der Waals surface area contributed by atoms with Crippen molar-refractivity contribution in [1.29, 1.82) is 0 Å². The van der Waals surface area contributed by atoms with E-state index in [1.54, 1.807) is 18.7 Å². The lowest BCUT2D eigenvalue weighted by Crippen LogP contribution is -2.47. The van der Waals surface area contributed by atoms with Crippen LogP contribution in [0.3, 0.4) is 0 Å². The molecule has 0 unspecified atom stereocenters. The molecule has 27 heavy (non-hydrogen) atoms. The van der Waals surface area contributed by atoms with Crippen molar-refractivity contribution in [2.24, 2.45) is 0 Å². The van der Waals surface area contributed by atoms with E-state index in [9.17, 15) is 0 Å². The number of rotatable bonds is 3. The zero-order valence-corrected chi connectivity index (χ0v) is 14.8. The number of aromatic nitrogens is 3. The second-order valence-corrected chi connectivity index (χ2v) is 6.58. The topological polar surface area (TPSA) is 58.3 Å². The van der Waals surface area contributed by atoms with E-state index in [1.807, 2.05) is 30.6 Å². The Bertz CT molecular complexity index is 1050. The Morgan fingerprint density at radius 3 is 2.41 bits per heavy atom. The maximum absolute atomic E-state index is 5.45. The number of benzene rings is 1. The van der Waals surface area contributed by atoms with Gasteiger partial charge in [0, 0.05) is 67.6 Å². The Labute approximate surface area is 157 Å². The summed E-state index contributed by atoms with van der Waals surface area (Å²) in [6.45, 7) is 3.70. The van der Waals surface area contributed by atoms with Gasteiger partial charge in [-0.15, -0.1) is 0 Å². The summed E-state index contributed by atoms with van der Waals surface area (Å²) in [6.07, 6.45) is 8.92. The monoisotopic (exact) mass is 357 g/mol. The zero-order valence-electron chi connectivity index (χ0n) is 14.8. The molecule has 1 aliphatic heterocycles. The van der Waals surface area contributed by atoms with Crippen LogP contribution in [0, 0.1) is 0 Å². The summed E-state index contributed by atoms with van der Waals surface area (Å²) in [6, 6.07) is 12.2. The molecule has 0 amide bonds. The Morgan fingerprint density at radius 2 is 1.56 bits per heavy atom. The third kappa shape index (κ3) is 2.99. The highest BCUT2D eigenvalue weighted by Crippen LogP contribution is 2.30. The lowest BCUT2D eigenvalue weighted by Gasteiger charge is -2.37. The van der Waals surface area contributed by atoms with Gasteiger partial charge in [-0.25, -0.2) is 4.98 Å². The van der Waals surface area contributed by atoms with Gasteiger partial charge in [0.25, 0.3) is 0 Å². The van der Waals surface area contributed by atoms with Gasteiger partial charge in [-0.2, -0.15) is 0 Å². The molecule has 1 aromatic carbocycles. The summed E-state index contributed by atoms with van der Waals surface area (Å²) in [5.74, 6) is 0.940. The van der Waals surface area contributed by atoms with Gasteiger partial charge < -0.3 is 14.2 Å². The van der Waals surface area contributed by atoms with E-state index in [0.29, 0.717) is 0 Å². The average Bonchev–Trinajstić information content (AvgIpc) is 3.22. The standard InChI is InChI=1S/C21H19N5O/c1-2-19-16(5-14-27-19)15-17(1)20-21(24-9-8-23-20)26-12-10-25(11-13-26)18-3-6-22-7-4-18/h1-9,14-15H,10-13H2. The van der Waals surface area contributed by atoms with Crippen molar-refractivity contribution in [1.82, 2.24) is 15.0 Å². The first kappa shape index (κ1) is 15.8. The molecule has 134 valence electrons. The summed E-state index contributed by atoms with van der Waals surface area (Å²) in [7, 11) is 0. The molecule has 0 atom stereocenters. The summed E-state index contributed by atoms with van der Waals surface area (Å²) in [5.41, 5.74) is 4.08. The number of pyridine rings is 1. The third-order valence-corrected chi connectivity index (χ3v) is 5.01. The largest absolute Gasteiger partial charge is 0.464 e. The first-order valence-electron chi connectivity index (χ1n) is 9.07. The van der Waals surface area contributed by atoms with Crippen LogP contribution in [-0.2, 0) is 0 Å². The quantitative estimate of drug-likeness (QED) is 0.558. The lowest BCUT2D eigenvalue weighted by atomic mass is 10.1. The van der Waals surface area contributed by atoms with Crippen molar-refractivity contribution in [2.45, 2.75) is 0 Å². The lowest BCUT2D eigenvalue weighted by molar-refractivity contribution is 0.616. The first-order chi connectivity index (χ1) is 13.4. The Hall–Kier alpha value is -3.41. The van der Waals surface area contributed by atoms with E-state index in [1.165, 1.54) is 5.69 Å². The number of hydrogen-bond acceptors (Lipinski definition) is 6. The second-order valence-electron chi connectivity index (χ2n) is 6.58. The summed E-state index contributed by atoms with van der Waals surface area (Å²) in [4.78, 5) is 18.1. The van der Waals surface area contributed by atoms with Crippen molar-refractivity contribution in [2.75, 3.05) is 36.0 Å². The highest BCUT2D eigenvalue weighted by Gasteiger charge is 2.21. The van der Waals surface area contributed by atoms with E-state index in [0.717, 1.165) is 54.2 Å². The molecule has 4 aromatic rings. The van der Waals surface area contributed by atoms with Crippen LogP contribution in [-0.4, -0.2) is 41.1 Å². The fourth-order valence-electron chi connectivity index (χ4n) is 3.61. The van der Waals surface area contributed by atoms with E-state index < -0.39 is 0 Å². The van der Waals surface area contributed by atoms with E-state index in [-0.39, 0.29) is 0 Å². The van der Waals surface area contributed by atoms with Crippen LogP contribution < -0.4 is 9.80 Å². The number of furan rings is 1. The van der Waals surface area contributed by atoms with Crippen molar-refractivity contribution in [3.05, 3.63) is 67.4 Å². The van der Waals surface area contributed by atoms with Crippen LogP contribution in [0.5, 0.6) is 0 Å². The summed E-state index contributed by atoms with van der Waals surface area (Å²) >= 11 is 0. The smallest absolute Gasteiger partial charge is 0.155 e. The number of fused-ring (bicyclic) bond motifs is 1. The number of nitrogens with zero attached hydrogens (tertiary/aromatic N) is 5. The van der Waals surface area contributed by atoms with E-state index in [2.05, 4.69) is 43.0 Å². The molecule has 1 aliphatic rings. The average molecular weight is 357 g/mol. The molecule has 1 fully saturated rings. The van der Waals surface area contributed by atoms with Crippen LogP contribution in [0.2, 0.25) is 0 Å². The van der Waals surface area contributed by atoms with Crippen molar-refractivity contribution in [3.63, 3.8) is 0 Å². The SMILES string of the molecule is c1cc(N2CCN(c3nccnc3-c3ccc4occc4c3)CC2)ccn1. The molecule has 0 spiro atoms. The fourth-order valence-corrected chi connectivity index (χ4v) is 3.61. The van der Waals surface area contributed by atoms with Gasteiger partial charge in [-0.1, -0.05) is 0 Å². The molecule has 5 rings (SSSR count). The maximum atomic E-state index is 5.45. The highest BCUT2D eigenvalue weighted by molar-refractivity contribution is 5.85. The molecule has 3 aromatic heterocycles. The minimum absolute atomic E-state index is 0.884. The molecule has 0 N–H and O–H groups in total. The van der Waals surface area contributed by atoms with E-state index >= 15 is 0 Å². The predicted molar refractivity (Wildman–Crippen MR) is 106 cm³/mol. The van der Waals surface area contributed by atoms with Crippen molar-refractivity contribution in [3.8, 4) is 11.3 Å². The Kier molecular flexibility index (Phi) is 3.93. The molecule has 4 heterocycles. The van der Waals surface area contributed by atoms with Crippen molar-refractivity contribution >= 4 is 22.5 Å². The molecule has 0 saturated carbocycles. The predicted octanol–water partition coefficient (Wildman–Crippen LogP) is 3.61. The van der Waals surface area contributed by atoms with Crippen LogP contribution in [0.4, 0.5) is 11.5 Å². The number of hydrogen-bond donors (Lipinski definition) is 0. The molecule has 6 nitrogen and oxygen atoms in total. The number of anilines is 2. The van der Waals surface area contributed by atoms with Gasteiger partial charge in [0.15, 0.2) is 5.82 Å². The molecular formula is C21H19N5O. The third-order valence-electron chi connectivity index (χ3n) is 5.01. The minimum atomic E-state index is 0.884. The Morgan fingerprint density at radius 1 is 0.778 bits per heavy atom.